The zero-order chi connectivity index (χ0) is 17.2. The van der Waals surface area contributed by atoms with Crippen LogP contribution in [0.4, 0.5) is 5.95 Å². The summed E-state index contributed by atoms with van der Waals surface area (Å²) in [7, 11) is 3.66. The molecule has 0 saturated carbocycles. The Balaban J connectivity index is 1.41. The molecule has 1 aromatic carbocycles. The average Bonchev–Trinajstić information content (AvgIpc) is 3.00. The van der Waals surface area contributed by atoms with Crippen LogP contribution < -0.4 is 14.4 Å². The van der Waals surface area contributed by atoms with Gasteiger partial charge in [-0.25, -0.2) is 4.98 Å². The lowest BCUT2D eigenvalue weighted by molar-refractivity contribution is 0.155. The van der Waals surface area contributed by atoms with Crippen molar-refractivity contribution < 1.29 is 9.47 Å². The highest BCUT2D eigenvalue weighted by molar-refractivity contribution is 5.78. The van der Waals surface area contributed by atoms with Crippen molar-refractivity contribution in [2.75, 3.05) is 25.1 Å². The van der Waals surface area contributed by atoms with Crippen LogP contribution in [-0.2, 0) is 7.05 Å². The van der Waals surface area contributed by atoms with Crippen molar-refractivity contribution in [3.8, 4) is 11.8 Å². The van der Waals surface area contributed by atoms with Crippen LogP contribution in [0.2, 0.25) is 0 Å². The Labute approximate surface area is 146 Å². The molecule has 0 spiro atoms. The van der Waals surface area contributed by atoms with E-state index in [0.29, 0.717) is 11.8 Å². The van der Waals surface area contributed by atoms with E-state index in [9.17, 15) is 0 Å². The monoisotopic (exact) mass is 339 g/mol. The van der Waals surface area contributed by atoms with Gasteiger partial charge in [-0.3, -0.25) is 0 Å². The number of rotatable bonds is 4. The summed E-state index contributed by atoms with van der Waals surface area (Å²) in [6.45, 7) is 1.80. The van der Waals surface area contributed by atoms with Crippen LogP contribution in [-0.4, -0.2) is 45.8 Å². The number of fused-ring (bicyclic) bond motifs is 1. The molecule has 0 aliphatic carbocycles. The van der Waals surface area contributed by atoms with Gasteiger partial charge in [0.05, 0.1) is 30.5 Å². The summed E-state index contributed by atoms with van der Waals surface area (Å²) in [6.07, 6.45) is 5.20. The van der Waals surface area contributed by atoms with E-state index in [-0.39, 0.29) is 6.10 Å². The molecule has 130 valence electrons. The summed E-state index contributed by atoms with van der Waals surface area (Å²) in [5, 5.41) is 0. The Morgan fingerprint density at radius 3 is 2.48 bits per heavy atom. The smallest absolute Gasteiger partial charge is 0.316 e. The van der Waals surface area contributed by atoms with Crippen molar-refractivity contribution in [2.24, 2.45) is 7.05 Å². The van der Waals surface area contributed by atoms with E-state index in [1.807, 2.05) is 12.1 Å². The highest BCUT2D eigenvalue weighted by atomic mass is 16.5. The Morgan fingerprint density at radius 2 is 1.80 bits per heavy atom. The van der Waals surface area contributed by atoms with E-state index in [2.05, 4.69) is 38.6 Å². The quantitative estimate of drug-likeness (QED) is 0.727. The van der Waals surface area contributed by atoms with Crippen LogP contribution in [0, 0.1) is 0 Å². The summed E-state index contributed by atoms with van der Waals surface area (Å²) in [6, 6.07) is 8.62. The van der Waals surface area contributed by atoms with Crippen LogP contribution in [0.15, 0.2) is 36.7 Å². The molecule has 0 amide bonds. The molecule has 2 aromatic heterocycles. The van der Waals surface area contributed by atoms with Crippen molar-refractivity contribution in [1.29, 1.82) is 0 Å². The average molecular weight is 339 g/mol. The van der Waals surface area contributed by atoms with Crippen LogP contribution in [0.3, 0.4) is 0 Å². The fraction of sp³-hybridized carbons (Fsp3) is 0.389. The number of hydrogen-bond acceptors (Lipinski definition) is 6. The molecule has 25 heavy (non-hydrogen) atoms. The van der Waals surface area contributed by atoms with Gasteiger partial charge < -0.3 is 18.9 Å². The summed E-state index contributed by atoms with van der Waals surface area (Å²) in [5.41, 5.74) is 2.19. The molecule has 3 aromatic rings. The molecule has 4 rings (SSSR count). The first-order valence-corrected chi connectivity index (χ1v) is 8.43. The van der Waals surface area contributed by atoms with Crippen molar-refractivity contribution in [2.45, 2.75) is 18.9 Å². The van der Waals surface area contributed by atoms with Crippen LogP contribution in [0.1, 0.15) is 12.8 Å². The second-order valence-electron chi connectivity index (χ2n) is 6.17. The molecule has 7 heteroatoms. The first-order valence-electron chi connectivity index (χ1n) is 8.43. The highest BCUT2D eigenvalue weighted by Crippen LogP contribution is 2.25. The number of anilines is 1. The lowest BCUT2D eigenvalue weighted by Crippen LogP contribution is -2.39. The van der Waals surface area contributed by atoms with Gasteiger partial charge in [-0.05, 0) is 12.1 Å². The molecule has 0 radical (unpaired) electrons. The van der Waals surface area contributed by atoms with E-state index >= 15 is 0 Å². The fourth-order valence-electron chi connectivity index (χ4n) is 3.21. The maximum atomic E-state index is 5.90. The van der Waals surface area contributed by atoms with Gasteiger partial charge in [0.1, 0.15) is 6.10 Å². The molecule has 0 bridgehead atoms. The van der Waals surface area contributed by atoms with Gasteiger partial charge in [-0.15, -0.1) is 0 Å². The number of benzene rings is 1. The lowest BCUT2D eigenvalue weighted by Gasteiger charge is -2.32. The van der Waals surface area contributed by atoms with Crippen molar-refractivity contribution in [3.63, 3.8) is 0 Å². The minimum absolute atomic E-state index is 0.124. The van der Waals surface area contributed by atoms with Gasteiger partial charge in [-0.1, -0.05) is 12.1 Å². The highest BCUT2D eigenvalue weighted by Gasteiger charge is 2.24. The lowest BCUT2D eigenvalue weighted by atomic mass is 10.1. The molecule has 3 heterocycles. The standard InChI is InChI=1S/C18H21N5O2/c1-22-16-6-4-3-5-15(16)21-18(22)23-9-7-13(8-10-23)25-17-19-11-14(24-2)12-20-17/h3-6,11-13H,7-10H2,1-2H3. The van der Waals surface area contributed by atoms with Crippen molar-refractivity contribution in [3.05, 3.63) is 36.7 Å². The van der Waals surface area contributed by atoms with E-state index < -0.39 is 0 Å². The Morgan fingerprint density at radius 1 is 1.08 bits per heavy atom. The van der Waals surface area contributed by atoms with Gasteiger partial charge in [-0.2, -0.15) is 9.97 Å². The number of para-hydroxylation sites is 2. The van der Waals surface area contributed by atoms with Crippen LogP contribution in [0.5, 0.6) is 11.8 Å². The van der Waals surface area contributed by atoms with Crippen LogP contribution >= 0.6 is 0 Å². The number of piperidine rings is 1. The maximum absolute atomic E-state index is 5.90. The van der Waals surface area contributed by atoms with Gasteiger partial charge >= 0.3 is 6.01 Å². The van der Waals surface area contributed by atoms with Crippen molar-refractivity contribution in [1.82, 2.24) is 19.5 Å². The second kappa shape index (κ2) is 6.58. The maximum Gasteiger partial charge on any atom is 0.316 e. The summed E-state index contributed by atoms with van der Waals surface area (Å²) in [5.74, 6) is 1.64. The first kappa shape index (κ1) is 15.7. The van der Waals surface area contributed by atoms with E-state index in [1.54, 1.807) is 19.5 Å². The topological polar surface area (TPSA) is 65.3 Å². The predicted octanol–water partition coefficient (Wildman–Crippen LogP) is 2.42. The third-order valence-electron chi connectivity index (χ3n) is 4.60. The van der Waals surface area contributed by atoms with E-state index in [4.69, 9.17) is 14.5 Å². The Hall–Kier alpha value is -2.83. The van der Waals surface area contributed by atoms with Gasteiger partial charge in [0.2, 0.25) is 5.95 Å². The third kappa shape index (κ3) is 3.09. The van der Waals surface area contributed by atoms with Crippen molar-refractivity contribution >= 4 is 17.0 Å². The summed E-state index contributed by atoms with van der Waals surface area (Å²) < 4.78 is 13.1. The molecule has 0 N–H and O–H groups in total. The number of nitrogens with zero attached hydrogens (tertiary/aromatic N) is 5. The zero-order valence-electron chi connectivity index (χ0n) is 14.4. The first-order chi connectivity index (χ1) is 12.2. The predicted molar refractivity (Wildman–Crippen MR) is 95.2 cm³/mol. The Bertz CT molecular complexity index is 854. The van der Waals surface area contributed by atoms with Gasteiger partial charge in [0.25, 0.3) is 0 Å². The summed E-state index contributed by atoms with van der Waals surface area (Å²) in [4.78, 5) is 15.4. The SMILES string of the molecule is COc1cnc(OC2CCN(c3nc4ccccc4n3C)CC2)nc1. The van der Waals surface area contributed by atoms with Gasteiger partial charge in [0.15, 0.2) is 5.75 Å². The zero-order valence-corrected chi connectivity index (χ0v) is 14.4. The minimum atomic E-state index is 0.124. The molecule has 0 atom stereocenters. The Kier molecular flexibility index (Phi) is 4.13. The number of ether oxygens (including phenoxy) is 2. The second-order valence-corrected chi connectivity index (χ2v) is 6.17. The molecular weight excluding hydrogens is 318 g/mol. The van der Waals surface area contributed by atoms with E-state index in [0.717, 1.165) is 42.9 Å². The number of aromatic nitrogens is 4. The molecular formula is C18H21N5O2. The van der Waals surface area contributed by atoms with Crippen LogP contribution in [0.25, 0.3) is 11.0 Å². The molecule has 1 aliphatic heterocycles. The number of aryl methyl sites for hydroxylation is 1. The molecule has 7 nitrogen and oxygen atoms in total. The third-order valence-corrected chi connectivity index (χ3v) is 4.60. The fourth-order valence-corrected chi connectivity index (χ4v) is 3.21. The normalized spacial score (nSPS) is 15.5. The number of hydrogen-bond donors (Lipinski definition) is 0. The molecule has 1 aliphatic rings. The molecule has 1 saturated heterocycles. The molecule has 1 fully saturated rings. The van der Waals surface area contributed by atoms with Gasteiger partial charge in [0, 0.05) is 33.0 Å². The number of methoxy groups -OCH3 is 1. The summed E-state index contributed by atoms with van der Waals surface area (Å²) >= 11 is 0. The number of imidazole rings is 1. The minimum Gasteiger partial charge on any atom is -0.494 e. The molecule has 0 unspecified atom stereocenters. The van der Waals surface area contributed by atoms with E-state index in [1.165, 1.54) is 0 Å². The largest absolute Gasteiger partial charge is 0.494 e.